The fourth-order valence-corrected chi connectivity index (χ4v) is 2.32. The minimum atomic E-state index is -1.37. The van der Waals surface area contributed by atoms with E-state index in [4.69, 9.17) is 9.15 Å². The van der Waals surface area contributed by atoms with E-state index in [9.17, 15) is 30.0 Å². The third-order valence-electron chi connectivity index (χ3n) is 3.60. The molecule has 0 unspecified atom stereocenters. The molecule has 0 fully saturated rings. The molecule has 0 aliphatic carbocycles. The number of ether oxygens (including phenoxy) is 1. The minimum Gasteiger partial charge on any atom is -0.507 e. The molecule has 4 N–H and O–H groups in total. The molecular formula is C18H14O8. The molecule has 1 atom stereocenters. The molecule has 1 heterocycles. The second-order valence-corrected chi connectivity index (χ2v) is 5.59. The molecule has 2 aromatic carbocycles. The van der Waals surface area contributed by atoms with Crippen LogP contribution in [-0.4, -0.2) is 32.5 Å². The van der Waals surface area contributed by atoms with Crippen molar-refractivity contribution in [2.24, 2.45) is 0 Å². The number of carbonyl (C=O) groups is 1. The van der Waals surface area contributed by atoms with Crippen LogP contribution < -0.4 is 10.2 Å². The Morgan fingerprint density at radius 1 is 1.04 bits per heavy atom. The summed E-state index contributed by atoms with van der Waals surface area (Å²) < 4.78 is 10.5. The van der Waals surface area contributed by atoms with Crippen molar-refractivity contribution in [3.63, 3.8) is 0 Å². The zero-order chi connectivity index (χ0) is 19.0. The van der Waals surface area contributed by atoms with Crippen molar-refractivity contribution in [2.45, 2.75) is 13.0 Å². The lowest BCUT2D eigenvalue weighted by Crippen LogP contribution is -2.22. The van der Waals surface area contributed by atoms with Crippen LogP contribution in [-0.2, 0) is 4.79 Å². The Bertz CT molecular complexity index is 1060. The Hall–Kier alpha value is -3.52. The lowest BCUT2D eigenvalue weighted by Gasteiger charge is -2.09. The first-order valence-corrected chi connectivity index (χ1v) is 7.49. The maximum atomic E-state index is 12.3. The van der Waals surface area contributed by atoms with Crippen molar-refractivity contribution >= 4 is 16.9 Å². The number of hydrogen-bond acceptors (Lipinski definition) is 8. The van der Waals surface area contributed by atoms with Crippen LogP contribution in [0.5, 0.6) is 23.0 Å². The predicted octanol–water partition coefficient (Wildman–Crippen LogP) is 1.86. The molecule has 26 heavy (non-hydrogen) atoms. The van der Waals surface area contributed by atoms with Gasteiger partial charge in [-0.25, -0.2) is 4.79 Å². The molecule has 0 radical (unpaired) electrons. The summed E-state index contributed by atoms with van der Waals surface area (Å²) >= 11 is 0. The van der Waals surface area contributed by atoms with Crippen LogP contribution in [0.15, 0.2) is 45.6 Å². The molecule has 0 spiro atoms. The van der Waals surface area contributed by atoms with E-state index in [0.717, 1.165) is 12.1 Å². The highest BCUT2D eigenvalue weighted by atomic mass is 16.5. The maximum absolute atomic E-state index is 12.3. The van der Waals surface area contributed by atoms with E-state index in [1.165, 1.54) is 31.2 Å². The van der Waals surface area contributed by atoms with Gasteiger partial charge >= 0.3 is 5.97 Å². The number of aliphatic hydroxyl groups is 1. The smallest absolute Gasteiger partial charge is 0.340 e. The summed E-state index contributed by atoms with van der Waals surface area (Å²) in [6.45, 7) is 1.22. The number of phenolic OH excluding ortho intramolecular Hbond substituents is 3. The Kier molecular flexibility index (Phi) is 4.27. The lowest BCUT2D eigenvalue weighted by molar-refractivity contribution is -0.142. The summed E-state index contributed by atoms with van der Waals surface area (Å²) in [5, 5.41) is 38.1. The highest BCUT2D eigenvalue weighted by Gasteiger charge is 2.17. The van der Waals surface area contributed by atoms with Gasteiger partial charge in [0.25, 0.3) is 0 Å². The summed E-state index contributed by atoms with van der Waals surface area (Å²) in [6.07, 6.45) is -1.37. The highest BCUT2D eigenvalue weighted by Crippen LogP contribution is 2.34. The fourth-order valence-electron chi connectivity index (χ4n) is 2.32. The number of carbonyl (C=O) groups excluding carboxylic acids is 1. The van der Waals surface area contributed by atoms with Gasteiger partial charge in [-0.15, -0.1) is 0 Å². The van der Waals surface area contributed by atoms with Crippen LogP contribution in [0.3, 0.4) is 0 Å². The Morgan fingerprint density at radius 3 is 2.42 bits per heavy atom. The summed E-state index contributed by atoms with van der Waals surface area (Å²) in [5.41, 5.74) is -0.307. The Morgan fingerprint density at radius 2 is 1.77 bits per heavy atom. The Balaban J connectivity index is 2.15. The molecule has 0 saturated heterocycles. The average Bonchev–Trinajstić information content (AvgIpc) is 2.56. The van der Waals surface area contributed by atoms with Crippen molar-refractivity contribution in [3.8, 4) is 34.3 Å². The largest absolute Gasteiger partial charge is 0.507 e. The van der Waals surface area contributed by atoms with Crippen molar-refractivity contribution in [1.29, 1.82) is 0 Å². The first-order chi connectivity index (χ1) is 12.3. The third-order valence-corrected chi connectivity index (χ3v) is 3.60. The molecule has 0 bridgehead atoms. The number of phenols is 3. The molecule has 3 rings (SSSR count). The lowest BCUT2D eigenvalue weighted by atomic mass is 10.1. The van der Waals surface area contributed by atoms with Crippen molar-refractivity contribution in [3.05, 3.63) is 46.6 Å². The van der Waals surface area contributed by atoms with Gasteiger partial charge in [0.2, 0.25) is 0 Å². The fraction of sp³-hybridized carbons (Fsp3) is 0.111. The average molecular weight is 358 g/mol. The first kappa shape index (κ1) is 17.3. The van der Waals surface area contributed by atoms with E-state index in [1.807, 2.05) is 0 Å². The Labute approximate surface area is 146 Å². The molecule has 134 valence electrons. The van der Waals surface area contributed by atoms with Gasteiger partial charge in [0.1, 0.15) is 34.3 Å². The van der Waals surface area contributed by atoms with Gasteiger partial charge in [-0.1, -0.05) is 0 Å². The van der Waals surface area contributed by atoms with E-state index in [2.05, 4.69) is 0 Å². The number of fused-ring (bicyclic) bond motifs is 1. The third kappa shape index (κ3) is 3.17. The van der Waals surface area contributed by atoms with Gasteiger partial charge in [-0.05, 0) is 25.1 Å². The number of esters is 1. The number of benzene rings is 2. The molecular weight excluding hydrogens is 344 g/mol. The monoisotopic (exact) mass is 358 g/mol. The minimum absolute atomic E-state index is 0.0616. The molecule has 0 aliphatic heterocycles. The van der Waals surface area contributed by atoms with Gasteiger partial charge in [-0.3, -0.25) is 4.79 Å². The van der Waals surface area contributed by atoms with E-state index >= 15 is 0 Å². The standard InChI is InChI=1S/C18H14O8/c1-8(19)18(24)25-10-5-13(22)17-14(23)7-15(26-16(17)6-10)9-2-3-11(20)12(21)4-9/h2-8,19-22H,1H3/t8-/m1/s1. The first-order valence-electron chi connectivity index (χ1n) is 7.49. The normalized spacial score (nSPS) is 12.1. The van der Waals surface area contributed by atoms with Gasteiger partial charge in [-0.2, -0.15) is 0 Å². The van der Waals surface area contributed by atoms with Gasteiger partial charge < -0.3 is 29.6 Å². The second-order valence-electron chi connectivity index (χ2n) is 5.59. The zero-order valence-corrected chi connectivity index (χ0v) is 13.5. The topological polar surface area (TPSA) is 137 Å². The quantitative estimate of drug-likeness (QED) is 0.316. The van der Waals surface area contributed by atoms with E-state index < -0.39 is 29.0 Å². The summed E-state index contributed by atoms with van der Waals surface area (Å²) in [5.74, 6) is -2.17. The SMILES string of the molecule is C[C@@H](O)C(=O)Oc1cc(O)c2c(=O)cc(-c3ccc(O)c(O)c3)oc2c1. The predicted molar refractivity (Wildman–Crippen MR) is 90.2 cm³/mol. The van der Waals surface area contributed by atoms with Gasteiger partial charge in [0.15, 0.2) is 16.9 Å². The highest BCUT2D eigenvalue weighted by molar-refractivity contribution is 5.87. The van der Waals surface area contributed by atoms with Crippen molar-refractivity contribution < 1.29 is 34.4 Å². The number of aliphatic hydroxyl groups excluding tert-OH is 1. The van der Waals surface area contributed by atoms with Crippen LogP contribution in [0.4, 0.5) is 0 Å². The van der Waals surface area contributed by atoms with Crippen LogP contribution >= 0.6 is 0 Å². The van der Waals surface area contributed by atoms with Gasteiger partial charge in [0, 0.05) is 23.8 Å². The maximum Gasteiger partial charge on any atom is 0.340 e. The van der Waals surface area contributed by atoms with E-state index in [-0.39, 0.29) is 28.2 Å². The van der Waals surface area contributed by atoms with Crippen LogP contribution in [0, 0.1) is 0 Å². The summed E-state index contributed by atoms with van der Waals surface area (Å²) in [7, 11) is 0. The molecule has 0 saturated carbocycles. The van der Waals surface area contributed by atoms with Crippen LogP contribution in [0.25, 0.3) is 22.3 Å². The molecule has 8 heteroatoms. The molecule has 8 nitrogen and oxygen atoms in total. The number of aromatic hydroxyl groups is 3. The van der Waals surface area contributed by atoms with Crippen molar-refractivity contribution in [1.82, 2.24) is 0 Å². The van der Waals surface area contributed by atoms with E-state index in [0.29, 0.717) is 5.56 Å². The number of hydrogen-bond donors (Lipinski definition) is 4. The summed E-state index contributed by atoms with van der Waals surface area (Å²) in [6, 6.07) is 7.27. The molecule has 1 aromatic heterocycles. The van der Waals surface area contributed by atoms with Crippen LogP contribution in [0.1, 0.15) is 6.92 Å². The number of rotatable bonds is 3. The van der Waals surface area contributed by atoms with E-state index in [1.54, 1.807) is 0 Å². The molecule has 0 aliphatic rings. The van der Waals surface area contributed by atoms with Gasteiger partial charge in [0.05, 0.1) is 0 Å². The zero-order valence-electron chi connectivity index (χ0n) is 13.5. The molecule has 3 aromatic rings. The second kappa shape index (κ2) is 6.41. The molecule has 0 amide bonds. The summed E-state index contributed by atoms with van der Waals surface area (Å²) in [4.78, 5) is 23.8. The van der Waals surface area contributed by atoms with Crippen molar-refractivity contribution in [2.75, 3.05) is 0 Å². The van der Waals surface area contributed by atoms with Crippen LogP contribution in [0.2, 0.25) is 0 Å².